The third kappa shape index (κ3) is 4.74. The van der Waals surface area contributed by atoms with Gasteiger partial charge in [0.15, 0.2) is 6.73 Å². The molecule has 0 bridgehead atoms. The Bertz CT molecular complexity index is 684. The Kier molecular flexibility index (Phi) is 5.57. The topological polar surface area (TPSA) is 93.5 Å². The van der Waals surface area contributed by atoms with Crippen LogP contribution in [0.4, 0.5) is 10.5 Å². The molecule has 4 N–H and O–H groups in total. The standard InChI is InChI=1S/C17H19N3O3/c1-2-12-5-3-4-6-15(12)23-11-19-17(22)20-16(21)13-7-9-14(18)10-8-13/h3-10H,2,11,18H2,1H3,(H2,19,20,21,22). The molecule has 0 atom stereocenters. The van der Waals surface area contributed by atoms with E-state index in [2.05, 4.69) is 10.6 Å². The molecule has 0 aliphatic heterocycles. The van der Waals surface area contributed by atoms with E-state index in [9.17, 15) is 9.59 Å². The van der Waals surface area contributed by atoms with Crippen LogP contribution in [0.5, 0.6) is 5.75 Å². The second kappa shape index (κ2) is 7.84. The van der Waals surface area contributed by atoms with Crippen LogP contribution in [0, 0.1) is 0 Å². The molecule has 0 heterocycles. The number of hydrogen-bond acceptors (Lipinski definition) is 4. The number of para-hydroxylation sites is 1. The van der Waals surface area contributed by atoms with Crippen molar-refractivity contribution in [3.05, 3.63) is 59.7 Å². The van der Waals surface area contributed by atoms with Crippen molar-refractivity contribution in [3.63, 3.8) is 0 Å². The van der Waals surface area contributed by atoms with E-state index in [-0.39, 0.29) is 6.73 Å². The molecule has 0 aliphatic rings. The van der Waals surface area contributed by atoms with E-state index >= 15 is 0 Å². The molecule has 120 valence electrons. The molecular formula is C17H19N3O3. The SMILES string of the molecule is CCc1ccccc1OCNC(=O)NC(=O)c1ccc(N)cc1. The fraction of sp³-hybridized carbons (Fsp3) is 0.176. The Balaban J connectivity index is 1.81. The van der Waals surface area contributed by atoms with Crippen molar-refractivity contribution < 1.29 is 14.3 Å². The maximum atomic E-state index is 11.8. The number of carbonyl (C=O) groups excluding carboxylic acids is 2. The number of hydrogen-bond donors (Lipinski definition) is 3. The minimum absolute atomic E-state index is 0.0299. The van der Waals surface area contributed by atoms with E-state index in [0.29, 0.717) is 17.0 Å². The van der Waals surface area contributed by atoms with Crippen molar-refractivity contribution in [3.8, 4) is 5.75 Å². The van der Waals surface area contributed by atoms with Crippen LogP contribution in [0.3, 0.4) is 0 Å². The number of rotatable bonds is 5. The van der Waals surface area contributed by atoms with Crippen LogP contribution in [0.25, 0.3) is 0 Å². The maximum Gasteiger partial charge on any atom is 0.324 e. The Morgan fingerprint density at radius 3 is 2.48 bits per heavy atom. The molecule has 0 saturated heterocycles. The average molecular weight is 313 g/mol. The molecule has 2 rings (SSSR count). The van der Waals surface area contributed by atoms with E-state index in [1.165, 1.54) is 0 Å². The molecule has 0 saturated carbocycles. The molecule has 0 aliphatic carbocycles. The Hall–Kier alpha value is -3.02. The number of imide groups is 1. The number of urea groups is 1. The van der Waals surface area contributed by atoms with Crippen LogP contribution in [0.15, 0.2) is 48.5 Å². The van der Waals surface area contributed by atoms with Crippen molar-refractivity contribution in [2.45, 2.75) is 13.3 Å². The molecule has 2 aromatic rings. The highest BCUT2D eigenvalue weighted by Crippen LogP contribution is 2.17. The van der Waals surface area contributed by atoms with E-state index in [4.69, 9.17) is 10.5 Å². The van der Waals surface area contributed by atoms with Crippen LogP contribution in [-0.2, 0) is 6.42 Å². The largest absolute Gasteiger partial charge is 0.473 e. The van der Waals surface area contributed by atoms with Gasteiger partial charge in [0, 0.05) is 11.3 Å². The van der Waals surface area contributed by atoms with Crippen molar-refractivity contribution in [1.29, 1.82) is 0 Å². The van der Waals surface area contributed by atoms with Gasteiger partial charge in [-0.3, -0.25) is 10.1 Å². The summed E-state index contributed by atoms with van der Waals surface area (Å²) in [5.74, 6) is 0.205. The summed E-state index contributed by atoms with van der Waals surface area (Å²) >= 11 is 0. The molecule has 23 heavy (non-hydrogen) atoms. The van der Waals surface area contributed by atoms with Gasteiger partial charge in [0.1, 0.15) is 5.75 Å². The third-order valence-electron chi connectivity index (χ3n) is 3.21. The summed E-state index contributed by atoms with van der Waals surface area (Å²) in [5.41, 5.74) is 7.50. The minimum atomic E-state index is -0.624. The van der Waals surface area contributed by atoms with Gasteiger partial charge in [0.25, 0.3) is 5.91 Å². The van der Waals surface area contributed by atoms with Gasteiger partial charge in [-0.25, -0.2) is 4.79 Å². The molecule has 2 aromatic carbocycles. The van der Waals surface area contributed by atoms with E-state index < -0.39 is 11.9 Å². The first-order valence-corrected chi connectivity index (χ1v) is 7.25. The molecule has 0 radical (unpaired) electrons. The predicted molar refractivity (Wildman–Crippen MR) is 88.2 cm³/mol. The molecule has 0 aromatic heterocycles. The Morgan fingerprint density at radius 1 is 1.09 bits per heavy atom. The minimum Gasteiger partial charge on any atom is -0.473 e. The van der Waals surface area contributed by atoms with Gasteiger partial charge < -0.3 is 15.8 Å². The average Bonchev–Trinajstić information content (AvgIpc) is 2.55. The number of nitrogens with two attached hydrogens (primary N) is 1. The zero-order valence-corrected chi connectivity index (χ0v) is 12.8. The lowest BCUT2D eigenvalue weighted by Crippen LogP contribution is -2.41. The molecule has 0 fully saturated rings. The first-order valence-electron chi connectivity index (χ1n) is 7.25. The van der Waals surface area contributed by atoms with Crippen LogP contribution < -0.4 is 21.1 Å². The summed E-state index contributed by atoms with van der Waals surface area (Å²) in [6, 6.07) is 13.2. The third-order valence-corrected chi connectivity index (χ3v) is 3.21. The second-order valence-corrected chi connectivity index (χ2v) is 4.83. The lowest BCUT2D eigenvalue weighted by Gasteiger charge is -2.11. The summed E-state index contributed by atoms with van der Waals surface area (Å²) in [6.07, 6.45) is 0.831. The van der Waals surface area contributed by atoms with Crippen molar-refractivity contribution in [2.75, 3.05) is 12.5 Å². The number of aryl methyl sites for hydroxylation is 1. The zero-order chi connectivity index (χ0) is 16.7. The number of nitrogens with one attached hydrogen (secondary N) is 2. The molecule has 6 heteroatoms. The van der Waals surface area contributed by atoms with Crippen LogP contribution in [0.1, 0.15) is 22.8 Å². The fourth-order valence-corrected chi connectivity index (χ4v) is 1.97. The summed E-state index contributed by atoms with van der Waals surface area (Å²) in [6.45, 7) is 1.99. The number of anilines is 1. The monoisotopic (exact) mass is 313 g/mol. The number of benzene rings is 2. The highest BCUT2D eigenvalue weighted by atomic mass is 16.5. The zero-order valence-electron chi connectivity index (χ0n) is 12.8. The van der Waals surface area contributed by atoms with Crippen LogP contribution in [-0.4, -0.2) is 18.7 Å². The van der Waals surface area contributed by atoms with Crippen molar-refractivity contribution >= 4 is 17.6 Å². The first kappa shape index (κ1) is 16.4. The smallest absolute Gasteiger partial charge is 0.324 e. The molecular weight excluding hydrogens is 294 g/mol. The second-order valence-electron chi connectivity index (χ2n) is 4.83. The van der Waals surface area contributed by atoms with E-state index in [1.54, 1.807) is 24.3 Å². The van der Waals surface area contributed by atoms with Crippen molar-refractivity contribution in [1.82, 2.24) is 10.6 Å². The van der Waals surface area contributed by atoms with Gasteiger partial charge >= 0.3 is 6.03 Å². The molecule has 3 amide bonds. The predicted octanol–water partition coefficient (Wildman–Crippen LogP) is 2.31. The summed E-state index contributed by atoms with van der Waals surface area (Å²) < 4.78 is 5.50. The number of ether oxygens (including phenoxy) is 1. The van der Waals surface area contributed by atoms with Gasteiger partial charge in [0.05, 0.1) is 0 Å². The summed E-state index contributed by atoms with van der Waals surface area (Å²) in [7, 11) is 0. The maximum absolute atomic E-state index is 11.8. The number of carbonyl (C=O) groups is 2. The number of nitrogen functional groups attached to an aromatic ring is 1. The summed E-state index contributed by atoms with van der Waals surface area (Å²) in [4.78, 5) is 23.5. The summed E-state index contributed by atoms with van der Waals surface area (Å²) in [5, 5.41) is 4.70. The normalized spacial score (nSPS) is 9.96. The molecule has 0 unspecified atom stereocenters. The van der Waals surface area contributed by atoms with Gasteiger partial charge in [-0.2, -0.15) is 0 Å². The first-order chi connectivity index (χ1) is 11.1. The van der Waals surface area contributed by atoms with E-state index in [1.807, 2.05) is 31.2 Å². The Morgan fingerprint density at radius 2 is 1.78 bits per heavy atom. The lowest BCUT2D eigenvalue weighted by molar-refractivity contribution is 0.0962. The quantitative estimate of drug-likeness (QED) is 0.583. The van der Waals surface area contributed by atoms with Gasteiger partial charge in [0.2, 0.25) is 0 Å². The van der Waals surface area contributed by atoms with Gasteiger partial charge in [-0.1, -0.05) is 25.1 Å². The van der Waals surface area contributed by atoms with E-state index in [0.717, 1.165) is 12.0 Å². The van der Waals surface area contributed by atoms with Crippen molar-refractivity contribution in [2.24, 2.45) is 0 Å². The van der Waals surface area contributed by atoms with Crippen LogP contribution >= 0.6 is 0 Å². The van der Waals surface area contributed by atoms with Crippen LogP contribution in [0.2, 0.25) is 0 Å². The molecule has 0 spiro atoms. The fourth-order valence-electron chi connectivity index (χ4n) is 1.97. The Labute approximate surface area is 134 Å². The highest BCUT2D eigenvalue weighted by Gasteiger charge is 2.10. The molecule has 6 nitrogen and oxygen atoms in total. The van der Waals surface area contributed by atoms with Gasteiger partial charge in [-0.05, 0) is 42.3 Å². The van der Waals surface area contributed by atoms with Gasteiger partial charge in [-0.15, -0.1) is 0 Å². The lowest BCUT2D eigenvalue weighted by atomic mass is 10.1. The number of amides is 3. The highest BCUT2D eigenvalue weighted by molar-refractivity contribution is 6.04.